The zero-order chi connectivity index (χ0) is 14.7. The first-order valence-electron chi connectivity index (χ1n) is 6.72. The van der Waals surface area contributed by atoms with Crippen LogP contribution in [0.5, 0.6) is 0 Å². The molecule has 0 amide bonds. The molecule has 0 saturated carbocycles. The van der Waals surface area contributed by atoms with Crippen LogP contribution in [0.3, 0.4) is 0 Å². The lowest BCUT2D eigenvalue weighted by molar-refractivity contribution is 0.581. The van der Waals surface area contributed by atoms with E-state index in [-0.39, 0.29) is 17.2 Å². The van der Waals surface area contributed by atoms with Gasteiger partial charge in [0.25, 0.3) is 0 Å². The van der Waals surface area contributed by atoms with Gasteiger partial charge in [-0.25, -0.2) is 8.42 Å². The highest BCUT2D eigenvalue weighted by Crippen LogP contribution is 2.24. The van der Waals surface area contributed by atoms with Crippen LogP contribution in [0.2, 0.25) is 0 Å². The van der Waals surface area contributed by atoms with E-state index in [0.717, 1.165) is 12.0 Å². The first-order valence-corrected chi connectivity index (χ1v) is 8.37. The Morgan fingerprint density at radius 3 is 2.11 bits per heavy atom. The van der Waals surface area contributed by atoms with Crippen molar-refractivity contribution in [2.45, 2.75) is 56.9 Å². The highest BCUT2D eigenvalue weighted by atomic mass is 32.2. The van der Waals surface area contributed by atoms with E-state index in [2.05, 4.69) is 20.8 Å². The van der Waals surface area contributed by atoms with Crippen molar-refractivity contribution >= 4 is 9.84 Å². The molecule has 1 rings (SSSR count). The van der Waals surface area contributed by atoms with Crippen LogP contribution in [0.25, 0.3) is 0 Å². The number of rotatable bonds is 5. The Hall–Kier alpha value is -0.870. The van der Waals surface area contributed by atoms with E-state index in [1.165, 1.54) is 0 Å². The van der Waals surface area contributed by atoms with Gasteiger partial charge in [-0.3, -0.25) is 0 Å². The zero-order valence-corrected chi connectivity index (χ0v) is 13.1. The molecule has 0 aliphatic carbocycles. The van der Waals surface area contributed by atoms with Gasteiger partial charge in [0, 0.05) is 6.04 Å². The van der Waals surface area contributed by atoms with Crippen molar-refractivity contribution in [1.82, 2.24) is 0 Å². The highest BCUT2D eigenvalue weighted by Gasteiger charge is 2.17. The van der Waals surface area contributed by atoms with E-state index in [1.807, 2.05) is 19.1 Å². The van der Waals surface area contributed by atoms with Crippen LogP contribution < -0.4 is 5.73 Å². The molecule has 1 aromatic rings. The van der Waals surface area contributed by atoms with Crippen LogP contribution >= 0.6 is 0 Å². The summed E-state index contributed by atoms with van der Waals surface area (Å²) >= 11 is 0. The van der Waals surface area contributed by atoms with Gasteiger partial charge in [0.05, 0.1) is 10.6 Å². The average molecular weight is 283 g/mol. The molecular weight excluding hydrogens is 258 g/mol. The normalized spacial score (nSPS) is 14.4. The summed E-state index contributed by atoms with van der Waals surface area (Å²) in [5.41, 5.74) is 6.81. The Kier molecular flexibility index (Phi) is 5.16. The van der Waals surface area contributed by atoms with Gasteiger partial charge in [0.15, 0.2) is 9.84 Å². The predicted octanol–water partition coefficient (Wildman–Crippen LogP) is 2.89. The second kappa shape index (κ2) is 6.06. The summed E-state index contributed by atoms with van der Waals surface area (Å²) in [6, 6.07) is 7.28. The van der Waals surface area contributed by atoms with Gasteiger partial charge in [0.2, 0.25) is 0 Å². The third-order valence-corrected chi connectivity index (χ3v) is 4.97. The quantitative estimate of drug-likeness (QED) is 0.904. The fraction of sp³-hybridized carbons (Fsp3) is 0.600. The van der Waals surface area contributed by atoms with E-state index in [0.29, 0.717) is 11.3 Å². The van der Waals surface area contributed by atoms with Crippen molar-refractivity contribution in [1.29, 1.82) is 0 Å². The van der Waals surface area contributed by atoms with Crippen molar-refractivity contribution in [3.05, 3.63) is 29.8 Å². The van der Waals surface area contributed by atoms with Gasteiger partial charge in [-0.05, 0) is 42.9 Å². The number of nitrogens with two attached hydrogens (primary N) is 1. The second-order valence-corrected chi connectivity index (χ2v) is 8.32. The van der Waals surface area contributed by atoms with Crippen LogP contribution in [-0.2, 0) is 15.3 Å². The number of hydrogen-bond acceptors (Lipinski definition) is 3. The van der Waals surface area contributed by atoms with Gasteiger partial charge in [-0.15, -0.1) is 0 Å². The molecule has 2 N–H and O–H groups in total. The maximum atomic E-state index is 12.1. The zero-order valence-electron chi connectivity index (χ0n) is 12.3. The van der Waals surface area contributed by atoms with Crippen LogP contribution in [-0.4, -0.2) is 20.2 Å². The summed E-state index contributed by atoms with van der Waals surface area (Å²) in [5.74, 6) is 0.170. The van der Waals surface area contributed by atoms with Crippen LogP contribution in [0.15, 0.2) is 29.2 Å². The van der Waals surface area contributed by atoms with Gasteiger partial charge in [-0.1, -0.05) is 32.9 Å². The van der Waals surface area contributed by atoms with E-state index in [1.54, 1.807) is 12.1 Å². The first kappa shape index (κ1) is 16.2. The van der Waals surface area contributed by atoms with E-state index >= 15 is 0 Å². The Labute approximate surface area is 117 Å². The SMILES string of the molecule is CC(N)CCCS(=O)(=O)c1ccc(C(C)(C)C)cc1. The molecule has 1 atom stereocenters. The first-order chi connectivity index (χ1) is 8.63. The van der Waals surface area contributed by atoms with Crippen LogP contribution in [0.1, 0.15) is 46.1 Å². The molecule has 0 aromatic heterocycles. The van der Waals surface area contributed by atoms with Gasteiger partial charge < -0.3 is 5.73 Å². The highest BCUT2D eigenvalue weighted by molar-refractivity contribution is 7.91. The maximum Gasteiger partial charge on any atom is 0.178 e. The molecule has 3 nitrogen and oxygen atoms in total. The molecule has 0 bridgehead atoms. The Morgan fingerprint density at radius 2 is 1.68 bits per heavy atom. The fourth-order valence-electron chi connectivity index (χ4n) is 1.88. The van der Waals surface area contributed by atoms with Crippen molar-refractivity contribution < 1.29 is 8.42 Å². The summed E-state index contributed by atoms with van der Waals surface area (Å²) in [4.78, 5) is 0.408. The minimum atomic E-state index is -3.17. The fourth-order valence-corrected chi connectivity index (χ4v) is 3.21. The molecular formula is C15H25NO2S. The molecule has 108 valence electrons. The van der Waals surface area contributed by atoms with Crippen LogP contribution in [0.4, 0.5) is 0 Å². The van der Waals surface area contributed by atoms with E-state index < -0.39 is 9.84 Å². The summed E-state index contributed by atoms with van der Waals surface area (Å²) in [7, 11) is -3.17. The Morgan fingerprint density at radius 1 is 1.16 bits per heavy atom. The molecule has 0 saturated heterocycles. The van der Waals surface area contributed by atoms with Gasteiger partial charge in [-0.2, -0.15) is 0 Å². The van der Waals surface area contributed by atoms with Crippen molar-refractivity contribution in [2.75, 3.05) is 5.75 Å². The smallest absolute Gasteiger partial charge is 0.178 e. The second-order valence-electron chi connectivity index (χ2n) is 6.21. The molecule has 0 aliphatic heterocycles. The predicted molar refractivity (Wildman–Crippen MR) is 80.1 cm³/mol. The minimum absolute atomic E-state index is 0.0390. The van der Waals surface area contributed by atoms with Crippen molar-refractivity contribution in [2.24, 2.45) is 5.73 Å². The summed E-state index contributed by atoms with van der Waals surface area (Å²) in [6.07, 6.45) is 1.35. The number of benzene rings is 1. The molecule has 1 aromatic carbocycles. The lowest BCUT2D eigenvalue weighted by Gasteiger charge is -2.19. The van der Waals surface area contributed by atoms with Crippen molar-refractivity contribution in [3.8, 4) is 0 Å². The van der Waals surface area contributed by atoms with Crippen molar-refractivity contribution in [3.63, 3.8) is 0 Å². The molecule has 0 spiro atoms. The lowest BCUT2D eigenvalue weighted by atomic mass is 9.87. The number of sulfone groups is 1. The van der Waals surface area contributed by atoms with Gasteiger partial charge >= 0.3 is 0 Å². The molecule has 0 radical (unpaired) electrons. The Bertz CT molecular complexity index is 496. The standard InChI is InChI=1S/C15H25NO2S/c1-12(16)6-5-11-19(17,18)14-9-7-13(8-10-14)15(2,3)4/h7-10,12H,5-6,11,16H2,1-4H3. The summed E-state index contributed by atoms with van der Waals surface area (Å²) in [5, 5.41) is 0. The summed E-state index contributed by atoms with van der Waals surface area (Å²) in [6.45, 7) is 8.22. The third kappa shape index (κ3) is 4.96. The average Bonchev–Trinajstić information content (AvgIpc) is 2.27. The largest absolute Gasteiger partial charge is 0.328 e. The molecule has 0 fully saturated rings. The summed E-state index contributed by atoms with van der Waals surface area (Å²) < 4.78 is 24.3. The lowest BCUT2D eigenvalue weighted by Crippen LogP contribution is -2.17. The van der Waals surface area contributed by atoms with Crippen LogP contribution in [0, 0.1) is 0 Å². The topological polar surface area (TPSA) is 60.2 Å². The monoisotopic (exact) mass is 283 g/mol. The third-order valence-electron chi connectivity index (χ3n) is 3.15. The number of hydrogen-bond donors (Lipinski definition) is 1. The minimum Gasteiger partial charge on any atom is -0.328 e. The van der Waals surface area contributed by atoms with Gasteiger partial charge in [0.1, 0.15) is 0 Å². The maximum absolute atomic E-state index is 12.1. The molecule has 4 heteroatoms. The molecule has 1 unspecified atom stereocenters. The van der Waals surface area contributed by atoms with E-state index in [4.69, 9.17) is 5.73 Å². The molecule has 0 heterocycles. The Balaban J connectivity index is 2.80. The van der Waals surface area contributed by atoms with E-state index in [9.17, 15) is 8.42 Å². The molecule has 19 heavy (non-hydrogen) atoms. The molecule has 0 aliphatic rings.